The van der Waals surface area contributed by atoms with Crippen LogP contribution in [0, 0.1) is 15.9 Å². The lowest BCUT2D eigenvalue weighted by molar-refractivity contribution is -0.389. The van der Waals surface area contributed by atoms with E-state index in [2.05, 4.69) is 15.2 Å². The minimum Gasteiger partial charge on any atom is -0.368 e. The van der Waals surface area contributed by atoms with Gasteiger partial charge in [-0.2, -0.15) is 9.38 Å². The first-order chi connectivity index (χ1) is 14.0. The number of hydrogen-bond acceptors (Lipinski definition) is 7. The summed E-state index contributed by atoms with van der Waals surface area (Å²) in [6, 6.07) is 6.33. The van der Waals surface area contributed by atoms with Crippen LogP contribution in [0.15, 0.2) is 35.8 Å². The van der Waals surface area contributed by atoms with E-state index in [1.807, 2.05) is 0 Å². The molecule has 3 aromatic rings. The van der Waals surface area contributed by atoms with E-state index < -0.39 is 4.92 Å². The molecule has 1 N–H and O–H groups in total. The molecule has 152 valence electrons. The van der Waals surface area contributed by atoms with Crippen molar-refractivity contribution in [2.75, 3.05) is 42.9 Å². The number of thiazole rings is 1. The Morgan fingerprint density at radius 2 is 1.97 bits per heavy atom. The molecule has 1 fully saturated rings. The number of halogens is 1. The molecule has 0 unspecified atom stereocenters. The van der Waals surface area contributed by atoms with Crippen molar-refractivity contribution in [1.29, 1.82) is 0 Å². The van der Waals surface area contributed by atoms with Crippen LogP contribution in [0.1, 0.15) is 6.42 Å². The predicted molar refractivity (Wildman–Crippen MR) is 108 cm³/mol. The topological polar surface area (TPSA) is 96.0 Å². The van der Waals surface area contributed by atoms with Crippen molar-refractivity contribution in [2.45, 2.75) is 6.42 Å². The fraction of sp³-hybridized carbons (Fsp3) is 0.333. The van der Waals surface area contributed by atoms with E-state index >= 15 is 0 Å². The highest BCUT2D eigenvalue weighted by Gasteiger charge is 2.24. The van der Waals surface area contributed by atoms with Crippen LogP contribution in [0.3, 0.4) is 0 Å². The molecule has 2 aromatic heterocycles. The van der Waals surface area contributed by atoms with Crippen LogP contribution < -0.4 is 10.2 Å². The fourth-order valence-electron chi connectivity index (χ4n) is 3.38. The number of carbonyl (C=O) groups excluding carboxylic acids is 1. The Morgan fingerprint density at radius 3 is 2.66 bits per heavy atom. The summed E-state index contributed by atoms with van der Waals surface area (Å²) >= 11 is 1.31. The standard InChI is InChI=1S/C18H19FN6O3S/c19-13-1-3-14(4-2-13)22-7-9-23(10-8-22)15(26)5-6-20-16-17(25(27)28)24-11-12-29-18(24)21-16/h1-4,11-12,20H,5-10H2. The number of rotatable bonds is 6. The lowest BCUT2D eigenvalue weighted by Crippen LogP contribution is -2.49. The molecular weight excluding hydrogens is 399 g/mol. The van der Waals surface area contributed by atoms with Gasteiger partial charge in [0.25, 0.3) is 4.96 Å². The first kappa shape index (κ1) is 19.1. The number of aromatic nitrogens is 2. The van der Waals surface area contributed by atoms with E-state index in [0.717, 1.165) is 5.69 Å². The van der Waals surface area contributed by atoms with Gasteiger partial charge in [0, 0.05) is 50.2 Å². The third-order valence-electron chi connectivity index (χ3n) is 4.87. The molecule has 0 spiro atoms. The largest absolute Gasteiger partial charge is 0.372 e. The van der Waals surface area contributed by atoms with Gasteiger partial charge in [-0.25, -0.2) is 4.39 Å². The number of carbonyl (C=O) groups is 1. The average Bonchev–Trinajstić information content (AvgIpc) is 3.29. The Morgan fingerprint density at radius 1 is 1.24 bits per heavy atom. The number of nitro groups is 1. The van der Waals surface area contributed by atoms with Gasteiger partial charge in [0.15, 0.2) is 0 Å². The Labute approximate surface area is 169 Å². The lowest BCUT2D eigenvalue weighted by Gasteiger charge is -2.36. The molecule has 4 rings (SSSR count). The van der Waals surface area contributed by atoms with Gasteiger partial charge in [-0.3, -0.25) is 4.79 Å². The molecule has 0 saturated carbocycles. The van der Waals surface area contributed by atoms with Crippen LogP contribution >= 0.6 is 11.3 Å². The third-order valence-corrected chi connectivity index (χ3v) is 5.62. The minimum absolute atomic E-state index is 0.0140. The van der Waals surface area contributed by atoms with Gasteiger partial charge >= 0.3 is 5.82 Å². The van der Waals surface area contributed by atoms with E-state index in [4.69, 9.17) is 0 Å². The Balaban J connectivity index is 1.29. The van der Waals surface area contributed by atoms with Gasteiger partial charge in [-0.05, 0) is 29.2 Å². The SMILES string of the molecule is O=C(CCNc1nc2sccn2c1[N+](=O)[O-])N1CCN(c2ccc(F)cc2)CC1. The van der Waals surface area contributed by atoms with E-state index in [1.54, 1.807) is 28.6 Å². The summed E-state index contributed by atoms with van der Waals surface area (Å²) in [7, 11) is 0. The molecule has 11 heteroatoms. The van der Waals surface area contributed by atoms with Crippen molar-refractivity contribution in [2.24, 2.45) is 0 Å². The molecule has 1 saturated heterocycles. The van der Waals surface area contributed by atoms with Gasteiger partial charge in [0.05, 0.1) is 0 Å². The minimum atomic E-state index is -0.481. The second kappa shape index (κ2) is 8.03. The van der Waals surface area contributed by atoms with Crippen LogP contribution in [0.5, 0.6) is 0 Å². The second-order valence-electron chi connectivity index (χ2n) is 6.62. The zero-order chi connectivity index (χ0) is 20.4. The van der Waals surface area contributed by atoms with Gasteiger partial charge in [0.2, 0.25) is 11.7 Å². The van der Waals surface area contributed by atoms with Crippen molar-refractivity contribution < 1.29 is 14.1 Å². The monoisotopic (exact) mass is 418 g/mol. The fourth-order valence-corrected chi connectivity index (χ4v) is 4.09. The first-order valence-electron chi connectivity index (χ1n) is 9.15. The molecule has 1 aliphatic heterocycles. The molecule has 1 amide bonds. The average molecular weight is 418 g/mol. The molecule has 0 bridgehead atoms. The Hall–Kier alpha value is -3.21. The van der Waals surface area contributed by atoms with Crippen molar-refractivity contribution in [1.82, 2.24) is 14.3 Å². The summed E-state index contributed by atoms with van der Waals surface area (Å²) in [4.78, 5) is 32.0. The molecular formula is C18H19FN6O3S. The second-order valence-corrected chi connectivity index (χ2v) is 7.49. The van der Waals surface area contributed by atoms with Crippen LogP contribution in [0.4, 0.5) is 21.7 Å². The highest BCUT2D eigenvalue weighted by molar-refractivity contribution is 7.15. The Kier molecular flexibility index (Phi) is 5.30. The summed E-state index contributed by atoms with van der Waals surface area (Å²) in [6.07, 6.45) is 1.82. The van der Waals surface area contributed by atoms with Crippen LogP contribution in [-0.2, 0) is 4.79 Å². The third kappa shape index (κ3) is 3.99. The van der Waals surface area contributed by atoms with Crippen molar-refractivity contribution in [3.05, 3.63) is 51.8 Å². The zero-order valence-electron chi connectivity index (χ0n) is 15.5. The quantitative estimate of drug-likeness (QED) is 0.488. The molecule has 1 aliphatic rings. The number of fused-ring (bicyclic) bond motifs is 1. The van der Waals surface area contributed by atoms with E-state index in [9.17, 15) is 19.3 Å². The maximum Gasteiger partial charge on any atom is 0.372 e. The smallest absolute Gasteiger partial charge is 0.368 e. The number of hydrogen-bond donors (Lipinski definition) is 1. The van der Waals surface area contributed by atoms with Gasteiger partial charge in [0.1, 0.15) is 12.0 Å². The number of piperazine rings is 1. The molecule has 3 heterocycles. The highest BCUT2D eigenvalue weighted by Crippen LogP contribution is 2.28. The number of anilines is 2. The maximum atomic E-state index is 13.1. The van der Waals surface area contributed by atoms with E-state index in [1.165, 1.54) is 27.9 Å². The number of nitrogens with zero attached hydrogens (tertiary/aromatic N) is 5. The maximum absolute atomic E-state index is 13.1. The summed E-state index contributed by atoms with van der Waals surface area (Å²) in [5.74, 6) is -0.231. The van der Waals surface area contributed by atoms with Gasteiger partial charge < -0.3 is 25.2 Å². The number of imidazole rings is 1. The molecule has 0 radical (unpaired) electrons. The van der Waals surface area contributed by atoms with Crippen molar-refractivity contribution >= 4 is 39.5 Å². The molecule has 1 aromatic carbocycles. The zero-order valence-corrected chi connectivity index (χ0v) is 16.3. The van der Waals surface area contributed by atoms with E-state index in [-0.39, 0.29) is 36.3 Å². The summed E-state index contributed by atoms with van der Waals surface area (Å²) in [5, 5.41) is 16.0. The van der Waals surface area contributed by atoms with Crippen molar-refractivity contribution in [3.8, 4) is 0 Å². The number of benzene rings is 1. The molecule has 9 nitrogen and oxygen atoms in total. The van der Waals surface area contributed by atoms with Crippen molar-refractivity contribution in [3.63, 3.8) is 0 Å². The molecule has 0 atom stereocenters. The van der Waals surface area contributed by atoms with Crippen LogP contribution in [0.25, 0.3) is 4.96 Å². The van der Waals surface area contributed by atoms with Gasteiger partial charge in [-0.15, -0.1) is 0 Å². The highest BCUT2D eigenvalue weighted by atomic mass is 32.1. The predicted octanol–water partition coefficient (Wildman–Crippen LogP) is 2.59. The number of amides is 1. The van der Waals surface area contributed by atoms with Crippen LogP contribution in [-0.4, -0.2) is 57.8 Å². The normalized spacial score (nSPS) is 14.4. The Bertz CT molecular complexity index is 1030. The summed E-state index contributed by atoms with van der Waals surface area (Å²) in [5.41, 5.74) is 0.937. The number of nitrogens with one attached hydrogen (secondary N) is 1. The molecule has 0 aliphatic carbocycles. The first-order valence-corrected chi connectivity index (χ1v) is 10.0. The van der Waals surface area contributed by atoms with E-state index in [0.29, 0.717) is 31.1 Å². The molecule has 29 heavy (non-hydrogen) atoms. The summed E-state index contributed by atoms with van der Waals surface area (Å²) in [6.45, 7) is 2.77. The van der Waals surface area contributed by atoms with Gasteiger partial charge in [-0.1, -0.05) is 11.3 Å². The van der Waals surface area contributed by atoms with Crippen LogP contribution in [0.2, 0.25) is 0 Å². The summed E-state index contributed by atoms with van der Waals surface area (Å²) < 4.78 is 14.5. The lowest BCUT2D eigenvalue weighted by atomic mass is 10.2.